The van der Waals surface area contributed by atoms with Gasteiger partial charge in [-0.2, -0.15) is 5.10 Å². The number of likely N-dealkylation sites (tertiary alicyclic amines) is 1. The number of hydrogen-bond donors (Lipinski definition) is 0. The molecule has 116 valence electrons. The van der Waals surface area contributed by atoms with Crippen LogP contribution in [0.2, 0.25) is 0 Å². The van der Waals surface area contributed by atoms with Crippen molar-refractivity contribution < 1.29 is 4.79 Å². The van der Waals surface area contributed by atoms with Crippen molar-refractivity contribution >= 4 is 5.91 Å². The summed E-state index contributed by atoms with van der Waals surface area (Å²) in [7, 11) is 3.55. The molecule has 1 aliphatic rings. The number of piperidine rings is 1. The second-order valence-electron chi connectivity index (χ2n) is 5.88. The molecule has 1 amide bonds. The lowest BCUT2D eigenvalue weighted by Gasteiger charge is -2.32. The minimum Gasteiger partial charge on any atom is -0.338 e. The van der Waals surface area contributed by atoms with Crippen molar-refractivity contribution in [3.63, 3.8) is 0 Å². The van der Waals surface area contributed by atoms with Gasteiger partial charge in [0.2, 0.25) is 0 Å². The molecule has 1 saturated heterocycles. The summed E-state index contributed by atoms with van der Waals surface area (Å²) in [6, 6.07) is 3.34. The zero-order chi connectivity index (χ0) is 15.7. The van der Waals surface area contributed by atoms with Crippen LogP contribution in [-0.2, 0) is 14.1 Å². The zero-order valence-corrected chi connectivity index (χ0v) is 12.9. The predicted molar refractivity (Wildman–Crippen MR) is 82.8 cm³/mol. The standard InChI is InChI=1S/C16H20N4O2/c1-18-7-4-6-14(15(18)21)16(22)20-8-3-5-12(11-20)13-9-17-19(2)10-13/h4,6-7,9-10,12H,3,5,8,11H2,1-2H3. The first-order chi connectivity index (χ1) is 10.6. The average molecular weight is 300 g/mol. The minimum absolute atomic E-state index is 0.171. The van der Waals surface area contributed by atoms with Crippen LogP contribution in [0.5, 0.6) is 0 Å². The summed E-state index contributed by atoms with van der Waals surface area (Å²) < 4.78 is 3.22. The van der Waals surface area contributed by atoms with Gasteiger partial charge in [0.15, 0.2) is 0 Å². The van der Waals surface area contributed by atoms with Gasteiger partial charge < -0.3 is 9.47 Å². The van der Waals surface area contributed by atoms with Gasteiger partial charge in [-0.1, -0.05) is 0 Å². The van der Waals surface area contributed by atoms with E-state index in [2.05, 4.69) is 5.10 Å². The van der Waals surface area contributed by atoms with Gasteiger partial charge in [0, 0.05) is 45.5 Å². The molecule has 6 heteroatoms. The molecule has 2 aromatic heterocycles. The first kappa shape index (κ1) is 14.6. The van der Waals surface area contributed by atoms with E-state index in [0.717, 1.165) is 18.4 Å². The lowest BCUT2D eigenvalue weighted by Crippen LogP contribution is -2.41. The Morgan fingerprint density at radius 1 is 1.36 bits per heavy atom. The van der Waals surface area contributed by atoms with Crippen molar-refractivity contribution in [1.82, 2.24) is 19.2 Å². The van der Waals surface area contributed by atoms with Crippen LogP contribution in [-0.4, -0.2) is 38.2 Å². The number of rotatable bonds is 2. The van der Waals surface area contributed by atoms with Crippen LogP contribution in [0.4, 0.5) is 0 Å². The lowest BCUT2D eigenvalue weighted by molar-refractivity contribution is 0.0704. The average Bonchev–Trinajstić information content (AvgIpc) is 2.96. The highest BCUT2D eigenvalue weighted by Crippen LogP contribution is 2.27. The maximum Gasteiger partial charge on any atom is 0.263 e. The van der Waals surface area contributed by atoms with Gasteiger partial charge >= 0.3 is 0 Å². The third kappa shape index (κ3) is 2.68. The van der Waals surface area contributed by atoms with Crippen molar-refractivity contribution in [1.29, 1.82) is 0 Å². The summed E-state index contributed by atoms with van der Waals surface area (Å²) in [5.41, 5.74) is 1.16. The first-order valence-corrected chi connectivity index (χ1v) is 7.49. The number of carbonyl (C=O) groups is 1. The fraction of sp³-hybridized carbons (Fsp3) is 0.438. The van der Waals surface area contributed by atoms with E-state index in [-0.39, 0.29) is 17.0 Å². The second kappa shape index (κ2) is 5.79. The fourth-order valence-corrected chi connectivity index (χ4v) is 3.02. The van der Waals surface area contributed by atoms with Crippen LogP contribution in [0.3, 0.4) is 0 Å². The Bertz CT molecular complexity index is 747. The highest BCUT2D eigenvalue weighted by molar-refractivity contribution is 5.93. The summed E-state index contributed by atoms with van der Waals surface area (Å²) in [5.74, 6) is 0.119. The SMILES string of the molecule is Cn1cc(C2CCCN(C(=O)c3cccn(C)c3=O)C2)cn1. The Morgan fingerprint density at radius 2 is 2.18 bits per heavy atom. The summed E-state index contributed by atoms with van der Waals surface area (Å²) in [5, 5.41) is 4.21. The van der Waals surface area contributed by atoms with Crippen molar-refractivity contribution in [2.24, 2.45) is 14.1 Å². The molecule has 0 aromatic carbocycles. The molecule has 1 unspecified atom stereocenters. The summed E-state index contributed by atoms with van der Waals surface area (Å²) in [6.45, 7) is 1.34. The number of aromatic nitrogens is 3. The van der Waals surface area contributed by atoms with Crippen molar-refractivity contribution in [3.05, 3.63) is 52.2 Å². The molecular formula is C16H20N4O2. The topological polar surface area (TPSA) is 60.1 Å². The summed E-state index contributed by atoms with van der Waals surface area (Å²) in [4.78, 5) is 26.5. The van der Waals surface area contributed by atoms with E-state index < -0.39 is 0 Å². The van der Waals surface area contributed by atoms with Gasteiger partial charge in [-0.05, 0) is 30.5 Å². The van der Waals surface area contributed by atoms with E-state index in [0.29, 0.717) is 19.0 Å². The second-order valence-corrected chi connectivity index (χ2v) is 5.88. The van der Waals surface area contributed by atoms with Crippen LogP contribution in [0.25, 0.3) is 0 Å². The van der Waals surface area contributed by atoms with Crippen LogP contribution >= 0.6 is 0 Å². The summed E-state index contributed by atoms with van der Waals surface area (Å²) >= 11 is 0. The Balaban J connectivity index is 1.81. The van der Waals surface area contributed by atoms with Crippen LogP contribution in [0, 0.1) is 0 Å². The van der Waals surface area contributed by atoms with Gasteiger partial charge in [-0.3, -0.25) is 14.3 Å². The van der Waals surface area contributed by atoms with E-state index in [1.165, 1.54) is 4.57 Å². The normalized spacial score (nSPS) is 18.5. The van der Waals surface area contributed by atoms with Crippen LogP contribution in [0.15, 0.2) is 35.5 Å². The Morgan fingerprint density at radius 3 is 2.91 bits per heavy atom. The molecule has 1 fully saturated rings. The maximum absolute atomic E-state index is 12.6. The number of amides is 1. The lowest BCUT2D eigenvalue weighted by atomic mass is 9.92. The van der Waals surface area contributed by atoms with Gasteiger partial charge in [-0.15, -0.1) is 0 Å². The predicted octanol–water partition coefficient (Wildman–Crippen LogP) is 1.14. The molecule has 0 spiro atoms. The van der Waals surface area contributed by atoms with Gasteiger partial charge in [0.05, 0.1) is 6.20 Å². The monoisotopic (exact) mass is 300 g/mol. The largest absolute Gasteiger partial charge is 0.338 e. The van der Waals surface area contributed by atoms with Crippen LogP contribution in [0.1, 0.15) is 34.7 Å². The van der Waals surface area contributed by atoms with Crippen molar-refractivity contribution in [3.8, 4) is 0 Å². The van der Waals surface area contributed by atoms with E-state index in [1.54, 1.807) is 35.0 Å². The van der Waals surface area contributed by atoms with E-state index in [9.17, 15) is 9.59 Å². The molecule has 0 N–H and O–H groups in total. The zero-order valence-electron chi connectivity index (χ0n) is 12.9. The Kier molecular flexibility index (Phi) is 3.83. The highest BCUT2D eigenvalue weighted by Gasteiger charge is 2.27. The van der Waals surface area contributed by atoms with E-state index in [4.69, 9.17) is 0 Å². The maximum atomic E-state index is 12.6. The number of aryl methyl sites for hydroxylation is 2. The smallest absolute Gasteiger partial charge is 0.263 e. The van der Waals surface area contributed by atoms with Crippen molar-refractivity contribution in [2.75, 3.05) is 13.1 Å². The number of hydrogen-bond acceptors (Lipinski definition) is 3. The van der Waals surface area contributed by atoms with Gasteiger partial charge in [0.25, 0.3) is 11.5 Å². The van der Waals surface area contributed by atoms with Gasteiger partial charge in [0.1, 0.15) is 5.56 Å². The van der Waals surface area contributed by atoms with Crippen LogP contribution < -0.4 is 5.56 Å². The van der Waals surface area contributed by atoms with Crippen molar-refractivity contribution in [2.45, 2.75) is 18.8 Å². The molecule has 22 heavy (non-hydrogen) atoms. The molecule has 6 nitrogen and oxygen atoms in total. The Labute approximate surface area is 129 Å². The molecule has 3 heterocycles. The Hall–Kier alpha value is -2.37. The minimum atomic E-state index is -0.240. The molecule has 0 bridgehead atoms. The molecular weight excluding hydrogens is 280 g/mol. The number of pyridine rings is 1. The van der Waals surface area contributed by atoms with Gasteiger partial charge in [-0.25, -0.2) is 0 Å². The molecule has 0 aliphatic carbocycles. The third-order valence-corrected chi connectivity index (χ3v) is 4.26. The molecule has 3 rings (SSSR count). The van der Waals surface area contributed by atoms with E-state index in [1.807, 2.05) is 19.4 Å². The highest BCUT2D eigenvalue weighted by atomic mass is 16.2. The fourth-order valence-electron chi connectivity index (χ4n) is 3.02. The van der Waals surface area contributed by atoms with E-state index >= 15 is 0 Å². The summed E-state index contributed by atoms with van der Waals surface area (Å²) in [6.07, 6.45) is 7.51. The molecule has 0 saturated carbocycles. The first-order valence-electron chi connectivity index (χ1n) is 7.49. The number of carbonyl (C=O) groups excluding carboxylic acids is 1. The molecule has 1 atom stereocenters. The molecule has 2 aromatic rings. The number of nitrogens with zero attached hydrogens (tertiary/aromatic N) is 4. The molecule has 1 aliphatic heterocycles. The molecule has 0 radical (unpaired) electrons. The third-order valence-electron chi connectivity index (χ3n) is 4.26. The quantitative estimate of drug-likeness (QED) is 0.835.